The Hall–Kier alpha value is -2.95. The minimum absolute atomic E-state index is 0.159. The average Bonchev–Trinajstić information content (AvgIpc) is 3.41. The second-order valence-electron chi connectivity index (χ2n) is 8.03. The zero-order valence-corrected chi connectivity index (χ0v) is 18.1. The van der Waals surface area contributed by atoms with Crippen LogP contribution in [0.1, 0.15) is 45.7 Å². The molecule has 0 unspecified atom stereocenters. The Bertz CT molecular complexity index is 781. The van der Waals surface area contributed by atoms with Crippen molar-refractivity contribution in [2.45, 2.75) is 70.6 Å². The van der Waals surface area contributed by atoms with Crippen LogP contribution in [-0.4, -0.2) is 74.4 Å². The first-order valence-electron chi connectivity index (χ1n) is 10.5. The van der Waals surface area contributed by atoms with E-state index in [1.54, 1.807) is 13.1 Å². The molecule has 1 aromatic heterocycles. The SMILES string of the molecule is CC[C@H](C)[C@H](NC(=O)[C@@H]1CCCN1C(=O)[C@H](Cc1cnc[nH]1)NC(=O)[C@H](C)N)C(=O)O. The third-order valence-electron chi connectivity index (χ3n) is 5.62. The Labute approximate surface area is 181 Å². The van der Waals surface area contributed by atoms with Gasteiger partial charge < -0.3 is 31.4 Å². The zero-order chi connectivity index (χ0) is 23.1. The van der Waals surface area contributed by atoms with Crippen LogP contribution in [0.25, 0.3) is 0 Å². The number of H-pyrrole nitrogens is 1. The van der Waals surface area contributed by atoms with E-state index in [2.05, 4.69) is 20.6 Å². The molecule has 0 aliphatic carbocycles. The topological polar surface area (TPSA) is 171 Å². The van der Waals surface area contributed by atoms with E-state index in [-0.39, 0.29) is 12.3 Å². The molecule has 6 N–H and O–H groups in total. The number of nitrogens with one attached hydrogen (secondary N) is 3. The van der Waals surface area contributed by atoms with E-state index in [1.807, 2.05) is 6.92 Å². The molecule has 0 spiro atoms. The van der Waals surface area contributed by atoms with E-state index in [1.165, 1.54) is 18.2 Å². The van der Waals surface area contributed by atoms with E-state index in [4.69, 9.17) is 5.73 Å². The summed E-state index contributed by atoms with van der Waals surface area (Å²) in [6.07, 6.45) is 4.78. The Morgan fingerprint density at radius 3 is 2.58 bits per heavy atom. The number of carbonyl (C=O) groups excluding carboxylic acids is 3. The smallest absolute Gasteiger partial charge is 0.326 e. The van der Waals surface area contributed by atoms with Gasteiger partial charge in [0.1, 0.15) is 18.1 Å². The molecular formula is C20H32N6O5. The number of hydrogen-bond acceptors (Lipinski definition) is 6. The van der Waals surface area contributed by atoms with Crippen LogP contribution in [0.3, 0.4) is 0 Å². The molecular weight excluding hydrogens is 404 g/mol. The highest BCUT2D eigenvalue weighted by atomic mass is 16.4. The number of hydrogen-bond donors (Lipinski definition) is 5. The monoisotopic (exact) mass is 436 g/mol. The number of amides is 3. The molecule has 2 rings (SSSR count). The summed E-state index contributed by atoms with van der Waals surface area (Å²) in [5.41, 5.74) is 6.28. The molecule has 0 bridgehead atoms. The summed E-state index contributed by atoms with van der Waals surface area (Å²) in [5, 5.41) is 14.7. The minimum atomic E-state index is -1.11. The highest BCUT2D eigenvalue weighted by Gasteiger charge is 2.39. The van der Waals surface area contributed by atoms with Crippen molar-refractivity contribution in [1.29, 1.82) is 0 Å². The number of imidazole rings is 1. The summed E-state index contributed by atoms with van der Waals surface area (Å²) in [6, 6.07) is -3.57. The molecule has 1 aliphatic heterocycles. The summed E-state index contributed by atoms with van der Waals surface area (Å²) in [5.74, 6) is -2.78. The molecule has 172 valence electrons. The van der Waals surface area contributed by atoms with Crippen molar-refractivity contribution in [2.75, 3.05) is 6.54 Å². The van der Waals surface area contributed by atoms with Crippen molar-refractivity contribution in [3.8, 4) is 0 Å². The Morgan fingerprint density at radius 2 is 2.03 bits per heavy atom. The third-order valence-corrected chi connectivity index (χ3v) is 5.62. The van der Waals surface area contributed by atoms with Crippen LogP contribution < -0.4 is 16.4 Å². The standard InChI is InChI=1S/C20H32N6O5/c1-4-11(2)16(20(30)31)25-18(28)15-6-5-7-26(15)19(29)14(24-17(27)12(3)21)8-13-9-22-10-23-13/h9-12,14-16H,4-8,21H2,1-3H3,(H,22,23)(H,24,27)(H,25,28)(H,30,31)/t11-,12-,14-,15-,16-/m0/s1. The number of likely N-dealkylation sites (tertiary alicyclic amines) is 1. The van der Waals surface area contributed by atoms with Gasteiger partial charge in [-0.15, -0.1) is 0 Å². The highest BCUT2D eigenvalue weighted by Crippen LogP contribution is 2.20. The molecule has 1 aromatic rings. The molecule has 2 heterocycles. The maximum atomic E-state index is 13.3. The van der Waals surface area contributed by atoms with Gasteiger partial charge in [0.15, 0.2) is 0 Å². The van der Waals surface area contributed by atoms with Gasteiger partial charge in [0.05, 0.1) is 12.4 Å². The molecule has 0 saturated carbocycles. The summed E-state index contributed by atoms with van der Waals surface area (Å²) in [4.78, 5) is 58.1. The van der Waals surface area contributed by atoms with Crippen LogP contribution in [0.15, 0.2) is 12.5 Å². The fourth-order valence-electron chi connectivity index (χ4n) is 3.56. The summed E-state index contributed by atoms with van der Waals surface area (Å²) in [7, 11) is 0. The largest absolute Gasteiger partial charge is 0.480 e. The lowest BCUT2D eigenvalue weighted by Crippen LogP contribution is -2.57. The number of nitrogens with zero attached hydrogens (tertiary/aromatic N) is 2. The van der Waals surface area contributed by atoms with E-state index in [9.17, 15) is 24.3 Å². The normalized spacial score (nSPS) is 19.9. The van der Waals surface area contributed by atoms with Crippen molar-refractivity contribution >= 4 is 23.7 Å². The molecule has 1 aliphatic rings. The number of aliphatic carboxylic acids is 1. The molecule has 31 heavy (non-hydrogen) atoms. The number of rotatable bonds is 10. The number of carboxylic acids is 1. The summed E-state index contributed by atoms with van der Waals surface area (Å²) < 4.78 is 0. The van der Waals surface area contributed by atoms with Gasteiger partial charge in [-0.25, -0.2) is 9.78 Å². The third kappa shape index (κ3) is 6.27. The van der Waals surface area contributed by atoms with Gasteiger partial charge in [-0.05, 0) is 25.7 Å². The van der Waals surface area contributed by atoms with E-state index >= 15 is 0 Å². The lowest BCUT2D eigenvalue weighted by atomic mass is 9.98. The van der Waals surface area contributed by atoms with Gasteiger partial charge >= 0.3 is 5.97 Å². The number of carbonyl (C=O) groups is 4. The Morgan fingerprint density at radius 1 is 1.32 bits per heavy atom. The van der Waals surface area contributed by atoms with Gasteiger partial charge in [0.25, 0.3) is 0 Å². The van der Waals surface area contributed by atoms with Crippen LogP contribution in [0.5, 0.6) is 0 Å². The molecule has 3 amide bonds. The molecule has 11 nitrogen and oxygen atoms in total. The predicted molar refractivity (Wildman–Crippen MR) is 112 cm³/mol. The molecule has 5 atom stereocenters. The molecule has 1 saturated heterocycles. The van der Waals surface area contributed by atoms with Crippen LogP contribution in [0.4, 0.5) is 0 Å². The van der Waals surface area contributed by atoms with Crippen molar-refractivity contribution in [1.82, 2.24) is 25.5 Å². The van der Waals surface area contributed by atoms with E-state index in [0.717, 1.165) is 0 Å². The second-order valence-corrected chi connectivity index (χ2v) is 8.03. The zero-order valence-electron chi connectivity index (χ0n) is 18.1. The highest BCUT2D eigenvalue weighted by molar-refractivity contribution is 5.94. The molecule has 1 fully saturated rings. The summed E-state index contributed by atoms with van der Waals surface area (Å²) in [6.45, 7) is 5.45. The van der Waals surface area contributed by atoms with Gasteiger partial charge in [0, 0.05) is 24.9 Å². The second kappa shape index (κ2) is 10.9. The number of carboxylic acid groups (broad SMARTS) is 1. The average molecular weight is 437 g/mol. The fourth-order valence-corrected chi connectivity index (χ4v) is 3.56. The predicted octanol–water partition coefficient (Wildman–Crippen LogP) is -0.609. The first-order chi connectivity index (χ1) is 14.6. The van der Waals surface area contributed by atoms with Crippen molar-refractivity contribution in [2.24, 2.45) is 11.7 Å². The number of nitrogens with two attached hydrogens (primary N) is 1. The van der Waals surface area contributed by atoms with Crippen LogP contribution in [0.2, 0.25) is 0 Å². The quantitative estimate of drug-likeness (QED) is 0.326. The van der Waals surface area contributed by atoms with E-state index in [0.29, 0.717) is 31.5 Å². The first-order valence-corrected chi connectivity index (χ1v) is 10.5. The lowest BCUT2D eigenvalue weighted by Gasteiger charge is -2.30. The van der Waals surface area contributed by atoms with Gasteiger partial charge in [-0.1, -0.05) is 20.3 Å². The van der Waals surface area contributed by atoms with Gasteiger partial charge in [0.2, 0.25) is 17.7 Å². The summed E-state index contributed by atoms with van der Waals surface area (Å²) >= 11 is 0. The van der Waals surface area contributed by atoms with Crippen molar-refractivity contribution in [3.05, 3.63) is 18.2 Å². The molecule has 0 aromatic carbocycles. The molecule has 0 radical (unpaired) electrons. The maximum absolute atomic E-state index is 13.3. The van der Waals surface area contributed by atoms with E-state index < -0.39 is 47.9 Å². The van der Waals surface area contributed by atoms with Crippen LogP contribution in [0, 0.1) is 5.92 Å². The van der Waals surface area contributed by atoms with Crippen LogP contribution >= 0.6 is 0 Å². The Balaban J connectivity index is 2.17. The maximum Gasteiger partial charge on any atom is 0.326 e. The lowest BCUT2D eigenvalue weighted by molar-refractivity contribution is -0.146. The minimum Gasteiger partial charge on any atom is -0.480 e. The van der Waals surface area contributed by atoms with Crippen molar-refractivity contribution < 1.29 is 24.3 Å². The Kier molecular flexibility index (Phi) is 8.55. The van der Waals surface area contributed by atoms with Gasteiger partial charge in [-0.3, -0.25) is 14.4 Å². The van der Waals surface area contributed by atoms with Crippen molar-refractivity contribution in [3.63, 3.8) is 0 Å². The molecule has 11 heteroatoms. The van der Waals surface area contributed by atoms with Gasteiger partial charge in [-0.2, -0.15) is 0 Å². The first kappa shape index (κ1) is 24.3. The number of aromatic amines is 1. The van der Waals surface area contributed by atoms with Crippen LogP contribution in [-0.2, 0) is 25.6 Å². The fraction of sp³-hybridized carbons (Fsp3) is 0.650. The number of aromatic nitrogens is 2.